The first-order chi connectivity index (χ1) is 16.5. The highest BCUT2D eigenvalue weighted by Gasteiger charge is 2.17. The van der Waals surface area contributed by atoms with E-state index in [1.54, 1.807) is 42.5 Å². The number of carbonyl (C=O) groups is 3. The maximum absolute atomic E-state index is 12.6. The molecule has 0 bridgehead atoms. The van der Waals surface area contributed by atoms with Crippen LogP contribution in [-0.4, -0.2) is 37.5 Å². The van der Waals surface area contributed by atoms with Gasteiger partial charge in [-0.25, -0.2) is 0 Å². The molecular formula is C25H27N3O6. The number of hydrogen-bond acceptors (Lipinski definition) is 6. The minimum absolute atomic E-state index is 0.0362. The van der Waals surface area contributed by atoms with E-state index in [0.717, 1.165) is 0 Å². The Morgan fingerprint density at radius 3 is 2.06 bits per heavy atom. The molecule has 178 valence electrons. The molecule has 0 saturated carbocycles. The molecule has 3 N–H and O–H groups in total. The summed E-state index contributed by atoms with van der Waals surface area (Å²) in [5.41, 5.74) is 1.31. The number of benzene rings is 2. The lowest BCUT2D eigenvalue weighted by molar-refractivity contribution is -0.116. The van der Waals surface area contributed by atoms with Gasteiger partial charge in [0.2, 0.25) is 5.91 Å². The third kappa shape index (κ3) is 6.61. The minimum atomic E-state index is -0.398. The fourth-order valence-corrected chi connectivity index (χ4v) is 3.09. The zero-order chi connectivity index (χ0) is 24.3. The maximum atomic E-state index is 12.6. The highest BCUT2D eigenvalue weighted by atomic mass is 16.5. The van der Waals surface area contributed by atoms with Crippen molar-refractivity contribution in [3.63, 3.8) is 0 Å². The van der Waals surface area contributed by atoms with Gasteiger partial charge in [-0.2, -0.15) is 0 Å². The van der Waals surface area contributed by atoms with E-state index >= 15 is 0 Å². The zero-order valence-corrected chi connectivity index (χ0v) is 19.1. The smallest absolute Gasteiger partial charge is 0.286 e. The lowest BCUT2D eigenvalue weighted by atomic mass is 10.2. The van der Waals surface area contributed by atoms with Crippen molar-refractivity contribution < 1.29 is 28.3 Å². The summed E-state index contributed by atoms with van der Waals surface area (Å²) in [5, 5.41) is 8.24. The Balaban J connectivity index is 1.71. The van der Waals surface area contributed by atoms with Crippen LogP contribution in [-0.2, 0) is 4.79 Å². The van der Waals surface area contributed by atoms with Gasteiger partial charge in [0.1, 0.15) is 11.5 Å². The molecule has 0 aliphatic rings. The van der Waals surface area contributed by atoms with Crippen molar-refractivity contribution >= 4 is 29.1 Å². The number of anilines is 2. The van der Waals surface area contributed by atoms with Crippen LogP contribution in [0.15, 0.2) is 65.3 Å². The highest BCUT2D eigenvalue weighted by Crippen LogP contribution is 2.37. The molecule has 0 aliphatic heterocycles. The van der Waals surface area contributed by atoms with Crippen molar-refractivity contribution in [1.29, 1.82) is 0 Å². The topological polar surface area (TPSA) is 119 Å². The van der Waals surface area contributed by atoms with Crippen LogP contribution in [0.3, 0.4) is 0 Å². The molecule has 0 radical (unpaired) electrons. The third-order valence-electron chi connectivity index (χ3n) is 4.62. The molecule has 0 spiro atoms. The van der Waals surface area contributed by atoms with Gasteiger partial charge in [0.05, 0.1) is 30.9 Å². The van der Waals surface area contributed by atoms with Gasteiger partial charge in [-0.15, -0.1) is 0 Å². The first kappa shape index (κ1) is 24.4. The Morgan fingerprint density at radius 1 is 0.824 bits per heavy atom. The summed E-state index contributed by atoms with van der Waals surface area (Å²) in [6, 6.07) is 15.2. The summed E-state index contributed by atoms with van der Waals surface area (Å²) in [4.78, 5) is 37.1. The van der Waals surface area contributed by atoms with E-state index in [1.807, 2.05) is 19.9 Å². The van der Waals surface area contributed by atoms with Gasteiger partial charge in [-0.05, 0) is 38.1 Å². The number of hydrogen-bond donors (Lipinski definition) is 3. The number of furan rings is 1. The molecule has 0 aliphatic carbocycles. The molecule has 0 saturated heterocycles. The lowest BCUT2D eigenvalue weighted by Gasteiger charge is -2.18. The van der Waals surface area contributed by atoms with Gasteiger partial charge in [0.15, 0.2) is 5.76 Å². The molecule has 0 atom stereocenters. The van der Waals surface area contributed by atoms with Crippen molar-refractivity contribution in [2.24, 2.45) is 0 Å². The molecule has 34 heavy (non-hydrogen) atoms. The second kappa shape index (κ2) is 12.1. The van der Waals surface area contributed by atoms with E-state index in [-0.39, 0.29) is 30.5 Å². The Morgan fingerprint density at radius 2 is 1.47 bits per heavy atom. The van der Waals surface area contributed by atoms with Crippen molar-refractivity contribution in [2.45, 2.75) is 20.3 Å². The summed E-state index contributed by atoms with van der Waals surface area (Å²) in [7, 11) is 0. The molecule has 3 amide bonds. The highest BCUT2D eigenvalue weighted by molar-refractivity contribution is 6.05. The molecule has 9 heteroatoms. The second-order valence-electron chi connectivity index (χ2n) is 7.06. The van der Waals surface area contributed by atoms with Crippen LogP contribution in [0.2, 0.25) is 0 Å². The van der Waals surface area contributed by atoms with E-state index in [0.29, 0.717) is 41.7 Å². The van der Waals surface area contributed by atoms with E-state index in [1.165, 1.54) is 12.3 Å². The number of amides is 3. The van der Waals surface area contributed by atoms with Crippen LogP contribution < -0.4 is 25.4 Å². The van der Waals surface area contributed by atoms with Crippen LogP contribution >= 0.6 is 0 Å². The Labute approximate surface area is 197 Å². The Hall–Kier alpha value is -4.27. The molecule has 3 aromatic rings. The summed E-state index contributed by atoms with van der Waals surface area (Å²) in [5.74, 6) is -0.0882. The Bertz CT molecular complexity index is 1110. The van der Waals surface area contributed by atoms with Gasteiger partial charge in [-0.1, -0.05) is 18.2 Å². The molecule has 9 nitrogen and oxygen atoms in total. The second-order valence-corrected chi connectivity index (χ2v) is 7.06. The monoisotopic (exact) mass is 465 g/mol. The van der Waals surface area contributed by atoms with E-state index in [9.17, 15) is 14.4 Å². The predicted octanol–water partition coefficient (Wildman–Crippen LogP) is 4.09. The normalized spacial score (nSPS) is 10.3. The van der Waals surface area contributed by atoms with Gasteiger partial charge < -0.3 is 29.8 Å². The van der Waals surface area contributed by atoms with Gasteiger partial charge in [0.25, 0.3) is 11.8 Å². The molecule has 1 aromatic heterocycles. The third-order valence-corrected chi connectivity index (χ3v) is 4.62. The molecule has 0 fully saturated rings. The summed E-state index contributed by atoms with van der Waals surface area (Å²) in [6.07, 6.45) is 1.44. The van der Waals surface area contributed by atoms with Gasteiger partial charge in [-0.3, -0.25) is 14.4 Å². The van der Waals surface area contributed by atoms with E-state index < -0.39 is 5.91 Å². The molecule has 3 rings (SSSR count). The first-order valence-electron chi connectivity index (χ1n) is 10.9. The van der Waals surface area contributed by atoms with Crippen LogP contribution in [0.4, 0.5) is 11.4 Å². The Kier molecular flexibility index (Phi) is 8.67. The van der Waals surface area contributed by atoms with E-state index in [2.05, 4.69) is 16.0 Å². The number of nitrogens with one attached hydrogen (secondary N) is 3. The predicted molar refractivity (Wildman–Crippen MR) is 127 cm³/mol. The van der Waals surface area contributed by atoms with Crippen molar-refractivity contribution in [3.8, 4) is 11.5 Å². The summed E-state index contributed by atoms with van der Waals surface area (Å²) >= 11 is 0. The van der Waals surface area contributed by atoms with Crippen molar-refractivity contribution in [1.82, 2.24) is 5.32 Å². The molecule has 1 heterocycles. The van der Waals surface area contributed by atoms with E-state index in [4.69, 9.17) is 13.9 Å². The fourth-order valence-electron chi connectivity index (χ4n) is 3.09. The van der Waals surface area contributed by atoms with Crippen LogP contribution in [0, 0.1) is 0 Å². The summed E-state index contributed by atoms with van der Waals surface area (Å²) < 4.78 is 16.4. The first-order valence-corrected chi connectivity index (χ1v) is 10.9. The quantitative estimate of drug-likeness (QED) is 0.393. The maximum Gasteiger partial charge on any atom is 0.286 e. The number of carbonyl (C=O) groups excluding carboxylic acids is 3. The lowest BCUT2D eigenvalue weighted by Crippen LogP contribution is -2.27. The average molecular weight is 466 g/mol. The molecule has 2 aromatic carbocycles. The SMILES string of the molecule is CCOc1cc(NC(=O)c2ccccc2)c(OCC)cc1NC(=O)CCNC(=O)c1ccco1. The van der Waals surface area contributed by atoms with Crippen LogP contribution in [0.25, 0.3) is 0 Å². The number of ether oxygens (including phenoxy) is 2. The largest absolute Gasteiger partial charge is 0.492 e. The van der Waals surface area contributed by atoms with Gasteiger partial charge >= 0.3 is 0 Å². The standard InChI is InChI=1S/C25H27N3O6/c1-3-32-21-16-19(28-24(30)17-9-6-5-7-10-17)22(33-4-2)15-18(21)27-23(29)12-13-26-25(31)20-11-8-14-34-20/h5-11,14-16H,3-4,12-13H2,1-2H3,(H,26,31)(H,27,29)(H,28,30). The molecule has 0 unspecified atom stereocenters. The zero-order valence-electron chi connectivity index (χ0n) is 19.1. The van der Waals surface area contributed by atoms with Crippen LogP contribution in [0.5, 0.6) is 11.5 Å². The summed E-state index contributed by atoms with van der Waals surface area (Å²) in [6.45, 7) is 4.46. The average Bonchev–Trinajstić information content (AvgIpc) is 3.37. The van der Waals surface area contributed by atoms with Crippen LogP contribution in [0.1, 0.15) is 41.2 Å². The van der Waals surface area contributed by atoms with Crippen molar-refractivity contribution in [2.75, 3.05) is 30.4 Å². The van der Waals surface area contributed by atoms with Gasteiger partial charge in [0, 0.05) is 30.7 Å². The number of rotatable bonds is 11. The minimum Gasteiger partial charge on any atom is -0.492 e. The van der Waals surface area contributed by atoms with Crippen molar-refractivity contribution in [3.05, 3.63) is 72.2 Å². The molecular weight excluding hydrogens is 438 g/mol. The fraction of sp³-hybridized carbons (Fsp3) is 0.240.